The first-order valence-corrected chi connectivity index (χ1v) is 51.0. The smallest absolute Gasteiger partial charge is 0.292 e. The fourth-order valence-corrected chi connectivity index (χ4v) is 19.0. The number of carbonyl (C=O) groups is 6. The van der Waals surface area contributed by atoms with Gasteiger partial charge in [0, 0.05) is 100 Å². The first-order chi connectivity index (χ1) is 70.8. The van der Waals surface area contributed by atoms with Gasteiger partial charge in [0.15, 0.2) is 29.0 Å². The van der Waals surface area contributed by atoms with E-state index in [1.807, 2.05) is 117 Å². The summed E-state index contributed by atoms with van der Waals surface area (Å²) in [6.07, 6.45) is 18.7. The number of halogens is 6. The summed E-state index contributed by atoms with van der Waals surface area (Å²) in [6, 6.07) is 57.3. The number of furan rings is 1. The molecule has 0 bridgehead atoms. The van der Waals surface area contributed by atoms with Crippen LogP contribution in [-0.4, -0.2) is 286 Å². The molecule has 9 aromatic heterocycles. The molecule has 778 valence electrons. The molecule has 5 amide bonds. The summed E-state index contributed by atoms with van der Waals surface area (Å²) in [5.74, 6) is 0.645. The Hall–Kier alpha value is -13.6. The lowest BCUT2D eigenvalue weighted by Gasteiger charge is -2.35. The van der Waals surface area contributed by atoms with Crippen molar-refractivity contribution in [3.05, 3.63) is 303 Å². The molecule has 15 heterocycles. The highest BCUT2D eigenvalue weighted by Gasteiger charge is 2.30. The Balaban J connectivity index is 0.000000147. The van der Waals surface area contributed by atoms with Crippen molar-refractivity contribution < 1.29 is 55.1 Å². The second-order valence-corrected chi connectivity index (χ2v) is 39.5. The summed E-state index contributed by atoms with van der Waals surface area (Å²) in [6.45, 7) is 13.1. The molecule has 0 aliphatic carbocycles. The number of pyridine rings is 7. The average Bonchev–Trinajstić information content (AvgIpc) is 1.80. The van der Waals surface area contributed by atoms with Crippen molar-refractivity contribution in [3.63, 3.8) is 0 Å². The van der Waals surface area contributed by atoms with Crippen molar-refractivity contribution in [1.29, 1.82) is 0 Å². The van der Waals surface area contributed by atoms with E-state index in [1.54, 1.807) is 60.9 Å². The van der Waals surface area contributed by atoms with Gasteiger partial charge < -0.3 is 84.9 Å². The number of thiophene rings is 1. The van der Waals surface area contributed by atoms with Gasteiger partial charge in [0.2, 0.25) is 0 Å². The van der Waals surface area contributed by atoms with Crippen LogP contribution in [0.25, 0.3) is 0 Å². The lowest BCUT2D eigenvalue weighted by molar-refractivity contribution is 0.0981. The maximum Gasteiger partial charge on any atom is 0.292 e. The van der Waals surface area contributed by atoms with Crippen molar-refractivity contribution in [2.75, 3.05) is 207 Å². The maximum absolute atomic E-state index is 13.8. The molecular weight excluding hydrogens is 1920 g/mol. The second kappa shape index (κ2) is 54.7. The van der Waals surface area contributed by atoms with E-state index < -0.39 is 40.5 Å². The Bertz CT molecular complexity index is 6130. The van der Waals surface area contributed by atoms with Gasteiger partial charge >= 0.3 is 0 Å². The summed E-state index contributed by atoms with van der Waals surface area (Å²) < 4.78 is 71.3. The summed E-state index contributed by atoms with van der Waals surface area (Å²) >= 11 is 7.38. The standard InChI is InChI=1S/C20H21F3N2O.C19H22ClFN4O.C19H23FN4O.C18H23N5O.C17H22N4O2.C17H22N4OS/c1-25-9-7-13(8-10-25)11-14-3-2-4-15(24-14)12-18(26)16-5-6-17(21)20(23)19(16)22;1-24-10-8-14(9-11-24)25(2)18-5-3-4-17(22-18)23-19(26)15-7-6-13(21)12-16(15)20;1-23-12-10-16(11-13-23)24(2)18-5-3-4-17(21-18)22-19(25)14-6-8-15(20)9-7-14;1-22-12-8-15(9-13-22)23(2)17-5-3-4-16(20-17)21-18(24)14-6-10-19-11-7-14;2*1-20-10-8-13(9-11-20)21(2)16-7-3-6-15(18-16)19-17(22)14-5-4-12-23-14/h2-6,13H,7-12H2,1H3;3-7,12,14H,8-11H2,1-2H3,(H,22,23,26);3-9,16H,10-13H2,1-2H3,(H,21,22,25);3-7,10-11,15H,8-9,12-13H2,1-2H3,(H,20,21,24);2*3-7,12-13H,8-11H2,1-2H3,(H,18,19,22). The van der Waals surface area contributed by atoms with E-state index in [-0.39, 0.29) is 52.2 Å². The van der Waals surface area contributed by atoms with Gasteiger partial charge in [-0.25, -0.2) is 46.9 Å². The molecule has 18 rings (SSSR count). The van der Waals surface area contributed by atoms with Crippen LogP contribution >= 0.6 is 22.9 Å². The fourth-order valence-electron chi connectivity index (χ4n) is 18.1. The van der Waals surface area contributed by atoms with E-state index in [0.29, 0.717) is 86.9 Å². The third-order valence-electron chi connectivity index (χ3n) is 27.5. The van der Waals surface area contributed by atoms with Gasteiger partial charge in [-0.2, -0.15) is 0 Å². The normalized spacial score (nSPS) is 16.0. The van der Waals surface area contributed by atoms with Gasteiger partial charge in [0.1, 0.15) is 69.8 Å². The second-order valence-electron chi connectivity index (χ2n) is 38.1. The van der Waals surface area contributed by atoms with Gasteiger partial charge in [-0.1, -0.05) is 54.1 Å². The number of amides is 5. The molecule has 3 aromatic carbocycles. The zero-order chi connectivity index (χ0) is 105. The largest absolute Gasteiger partial charge is 0.459 e. The summed E-state index contributed by atoms with van der Waals surface area (Å²) in [5.41, 5.74) is 2.13. The molecule has 5 N–H and O–H groups in total. The van der Waals surface area contributed by atoms with E-state index in [1.165, 1.54) is 54.0 Å². The SMILES string of the molecule is CN1CCC(Cc2cccc(CC(=O)c3ccc(F)c(F)c3F)n2)CC1.CN1CCC(N(C)c2cccc(NC(=O)c3ccc(F)cc3)n2)CC1.CN1CCC(N(C)c2cccc(NC(=O)c3ccc(F)cc3Cl)n2)CC1.CN1CCC(N(C)c2cccc(NC(=O)c3ccco3)n2)CC1.CN1CCC(N(C)c2cccc(NC(=O)c3cccs3)n2)CC1.CN1CCC(N(C)c2cccc(NC(=O)c3ccncc3)n2)CC1. The molecule has 12 aromatic rings. The fraction of sp³-hybridized carbons (Fsp3) is 0.391. The Morgan fingerprint density at radius 1 is 0.361 bits per heavy atom. The first kappa shape index (κ1) is 111. The highest BCUT2D eigenvalue weighted by Crippen LogP contribution is 2.31. The first-order valence-electron chi connectivity index (χ1n) is 49.8. The van der Waals surface area contributed by atoms with Crippen LogP contribution in [0.3, 0.4) is 0 Å². The number of ketones is 1. The van der Waals surface area contributed by atoms with Crippen LogP contribution in [0, 0.1) is 35.0 Å². The van der Waals surface area contributed by atoms with Crippen LogP contribution in [0.4, 0.5) is 80.1 Å². The number of likely N-dealkylation sites (tertiary alicyclic amines) is 6. The Morgan fingerprint density at radius 3 is 1.10 bits per heavy atom. The number of carbonyl (C=O) groups excluding carboxylic acids is 6. The molecule has 0 spiro atoms. The minimum absolute atomic E-state index is 0.0714. The predicted octanol–water partition coefficient (Wildman–Crippen LogP) is 18.1. The Morgan fingerprint density at radius 2 is 0.714 bits per heavy atom. The summed E-state index contributed by atoms with van der Waals surface area (Å²) in [5, 5.41) is 16.0. The number of Topliss-reactive ketones (excluding diaryl/α,β-unsaturated/α-hetero) is 1. The van der Waals surface area contributed by atoms with Crippen LogP contribution in [0.2, 0.25) is 5.02 Å². The number of nitrogens with zero attached hydrogens (tertiary/aromatic N) is 18. The van der Waals surface area contributed by atoms with Crippen LogP contribution in [0.1, 0.15) is 150 Å². The van der Waals surface area contributed by atoms with Crippen molar-refractivity contribution in [3.8, 4) is 0 Å². The molecule has 147 heavy (non-hydrogen) atoms. The number of anilines is 10. The molecule has 6 saturated heterocycles. The minimum atomic E-state index is -1.63. The van der Waals surface area contributed by atoms with Gasteiger partial charge in [0.05, 0.1) is 33.7 Å². The van der Waals surface area contributed by atoms with E-state index in [4.69, 9.17) is 16.0 Å². The molecule has 0 radical (unpaired) electrons. The monoisotopic (exact) mass is 2050 g/mol. The van der Waals surface area contributed by atoms with Crippen molar-refractivity contribution in [2.45, 2.75) is 120 Å². The topological polar surface area (TPSA) is 302 Å². The highest BCUT2D eigenvalue weighted by molar-refractivity contribution is 7.12. The molecule has 37 heteroatoms. The van der Waals surface area contributed by atoms with Crippen molar-refractivity contribution in [2.24, 2.45) is 5.92 Å². The number of nitrogens with one attached hydrogen (secondary N) is 5. The van der Waals surface area contributed by atoms with Crippen LogP contribution in [-0.2, 0) is 12.8 Å². The minimum Gasteiger partial charge on any atom is -0.459 e. The maximum atomic E-state index is 13.8. The predicted molar refractivity (Wildman–Crippen MR) is 573 cm³/mol. The van der Waals surface area contributed by atoms with Gasteiger partial charge in [-0.3, -0.25) is 38.7 Å². The molecule has 6 fully saturated rings. The van der Waals surface area contributed by atoms with Crippen LogP contribution in [0.5, 0.6) is 0 Å². The van der Waals surface area contributed by atoms with Gasteiger partial charge in [-0.05, 0) is 373 Å². The Labute approximate surface area is 866 Å². The quantitative estimate of drug-likeness (QED) is 0.0202. The van der Waals surface area contributed by atoms with E-state index in [0.717, 1.165) is 215 Å². The van der Waals surface area contributed by atoms with Crippen LogP contribution in [0.15, 0.2) is 229 Å². The number of hydrogen-bond acceptors (Lipinski definition) is 26. The molecule has 0 atom stereocenters. The number of piperidine rings is 6. The van der Waals surface area contributed by atoms with Crippen molar-refractivity contribution in [1.82, 2.24) is 64.3 Å². The van der Waals surface area contributed by atoms with Gasteiger partial charge in [0.25, 0.3) is 29.5 Å². The molecule has 0 saturated carbocycles. The summed E-state index contributed by atoms with van der Waals surface area (Å²) in [7, 11) is 23.2. The Kier molecular flexibility index (Phi) is 41.2. The van der Waals surface area contributed by atoms with Gasteiger partial charge in [-0.15, -0.1) is 11.3 Å². The highest BCUT2D eigenvalue weighted by atomic mass is 35.5. The molecule has 0 unspecified atom stereocenters. The molecule has 30 nitrogen and oxygen atoms in total. The lowest BCUT2D eigenvalue weighted by Crippen LogP contribution is -2.42. The summed E-state index contributed by atoms with van der Waals surface area (Å²) in [4.78, 5) is 130. The lowest BCUT2D eigenvalue weighted by atomic mass is 9.92. The third-order valence-corrected chi connectivity index (χ3v) is 28.6. The zero-order valence-electron chi connectivity index (χ0n) is 85.3. The zero-order valence-corrected chi connectivity index (χ0v) is 86.9. The van der Waals surface area contributed by atoms with Crippen LogP contribution < -0.4 is 51.1 Å². The van der Waals surface area contributed by atoms with E-state index in [2.05, 4.69) is 179 Å². The van der Waals surface area contributed by atoms with E-state index in [9.17, 15) is 50.7 Å². The number of hydrogen-bond donors (Lipinski definition) is 5. The molecule has 6 aliphatic rings. The number of aromatic nitrogens is 7. The molecular formula is C110H133ClF5N23O7S. The third kappa shape index (κ3) is 33.2. The number of benzene rings is 3. The van der Waals surface area contributed by atoms with Crippen molar-refractivity contribution >= 4 is 116 Å². The van der Waals surface area contributed by atoms with E-state index >= 15 is 0 Å². The average molecular weight is 2050 g/mol. The molecule has 6 aliphatic heterocycles. The number of rotatable bonds is 25.